The van der Waals surface area contributed by atoms with Crippen molar-refractivity contribution in [2.24, 2.45) is 5.92 Å². The fourth-order valence-electron chi connectivity index (χ4n) is 1.88. The summed E-state index contributed by atoms with van der Waals surface area (Å²) < 4.78 is 5.25. The topological polar surface area (TPSA) is 38.3 Å². The van der Waals surface area contributed by atoms with Gasteiger partial charge in [0, 0.05) is 19.6 Å². The molecule has 0 aromatic rings. The minimum Gasteiger partial charge on any atom is -0.381 e. The van der Waals surface area contributed by atoms with E-state index in [-0.39, 0.29) is 11.8 Å². The van der Waals surface area contributed by atoms with Gasteiger partial charge in [0.25, 0.3) is 0 Å². The summed E-state index contributed by atoms with van der Waals surface area (Å²) in [6, 6.07) is 0. The van der Waals surface area contributed by atoms with Crippen molar-refractivity contribution in [2.75, 3.05) is 13.7 Å². The van der Waals surface area contributed by atoms with Crippen LogP contribution >= 0.6 is 0 Å². The maximum absolute atomic E-state index is 11.4. The van der Waals surface area contributed by atoms with Crippen molar-refractivity contribution in [3.63, 3.8) is 0 Å². The van der Waals surface area contributed by atoms with Crippen molar-refractivity contribution in [3.05, 3.63) is 0 Å². The van der Waals surface area contributed by atoms with E-state index in [9.17, 15) is 4.79 Å². The predicted octanol–water partition coefficient (Wildman–Crippen LogP) is 1.33. The lowest BCUT2D eigenvalue weighted by molar-refractivity contribution is -0.126. The van der Waals surface area contributed by atoms with Gasteiger partial charge in [0.15, 0.2) is 0 Å². The van der Waals surface area contributed by atoms with Crippen molar-refractivity contribution >= 4 is 5.91 Å². The van der Waals surface area contributed by atoms with Crippen LogP contribution in [0.25, 0.3) is 0 Å². The second-order valence-corrected chi connectivity index (χ2v) is 3.60. The van der Waals surface area contributed by atoms with E-state index in [4.69, 9.17) is 4.74 Å². The number of methoxy groups -OCH3 is 1. The molecule has 0 atom stereocenters. The quantitative estimate of drug-likeness (QED) is 0.720. The normalized spacial score (nSPS) is 28.5. The summed E-state index contributed by atoms with van der Waals surface area (Å²) in [5.74, 6) is 0.448. The van der Waals surface area contributed by atoms with E-state index in [0.29, 0.717) is 6.10 Å². The Bertz CT molecular complexity index is 162. The molecule has 0 unspecified atom stereocenters. The lowest BCUT2D eigenvalue weighted by Gasteiger charge is -2.26. The molecule has 0 radical (unpaired) electrons. The average Bonchev–Trinajstić information content (AvgIpc) is 2.18. The van der Waals surface area contributed by atoms with E-state index < -0.39 is 0 Å². The van der Waals surface area contributed by atoms with Gasteiger partial charge in [0.05, 0.1) is 6.10 Å². The highest BCUT2D eigenvalue weighted by molar-refractivity contribution is 5.78. The fourth-order valence-corrected chi connectivity index (χ4v) is 1.88. The summed E-state index contributed by atoms with van der Waals surface area (Å²) in [4.78, 5) is 11.4. The second-order valence-electron chi connectivity index (χ2n) is 3.60. The molecule has 0 aromatic carbocycles. The Morgan fingerprint density at radius 2 is 2.00 bits per heavy atom. The van der Waals surface area contributed by atoms with E-state index in [1.165, 1.54) is 0 Å². The molecular formula is C10H19NO2. The van der Waals surface area contributed by atoms with Crippen molar-refractivity contribution < 1.29 is 9.53 Å². The molecule has 0 aliphatic heterocycles. The summed E-state index contributed by atoms with van der Waals surface area (Å²) in [6.45, 7) is 2.70. The highest BCUT2D eigenvalue weighted by Gasteiger charge is 2.25. The van der Waals surface area contributed by atoms with Crippen LogP contribution in [0.1, 0.15) is 32.6 Å². The summed E-state index contributed by atoms with van der Waals surface area (Å²) in [5, 5.41) is 2.87. The summed E-state index contributed by atoms with van der Waals surface area (Å²) in [7, 11) is 1.75. The highest BCUT2D eigenvalue weighted by Crippen LogP contribution is 2.25. The number of amides is 1. The lowest BCUT2D eigenvalue weighted by atomic mass is 9.87. The SMILES string of the molecule is CCNC(=O)C1CCC(OC)CC1. The van der Waals surface area contributed by atoms with Gasteiger partial charge in [-0.05, 0) is 32.6 Å². The summed E-state index contributed by atoms with van der Waals surface area (Å²) in [5.41, 5.74) is 0. The van der Waals surface area contributed by atoms with E-state index in [1.54, 1.807) is 7.11 Å². The van der Waals surface area contributed by atoms with Crippen molar-refractivity contribution in [1.29, 1.82) is 0 Å². The third kappa shape index (κ3) is 2.99. The van der Waals surface area contributed by atoms with E-state index in [1.807, 2.05) is 6.92 Å². The van der Waals surface area contributed by atoms with E-state index in [2.05, 4.69) is 5.32 Å². The van der Waals surface area contributed by atoms with Crippen LogP contribution in [0.2, 0.25) is 0 Å². The number of nitrogens with one attached hydrogen (secondary N) is 1. The minimum absolute atomic E-state index is 0.219. The first-order valence-electron chi connectivity index (χ1n) is 5.08. The minimum atomic E-state index is 0.219. The van der Waals surface area contributed by atoms with Crippen LogP contribution in [0.3, 0.4) is 0 Å². The van der Waals surface area contributed by atoms with Gasteiger partial charge in [-0.1, -0.05) is 0 Å². The Morgan fingerprint density at radius 1 is 1.38 bits per heavy atom. The molecule has 1 rings (SSSR count). The van der Waals surface area contributed by atoms with Crippen molar-refractivity contribution in [2.45, 2.75) is 38.7 Å². The van der Waals surface area contributed by atoms with Crippen LogP contribution in [-0.2, 0) is 9.53 Å². The van der Waals surface area contributed by atoms with Gasteiger partial charge in [-0.2, -0.15) is 0 Å². The first kappa shape index (κ1) is 10.5. The van der Waals surface area contributed by atoms with Crippen LogP contribution < -0.4 is 5.32 Å². The molecule has 3 heteroatoms. The third-order valence-electron chi connectivity index (χ3n) is 2.73. The smallest absolute Gasteiger partial charge is 0.223 e. The van der Waals surface area contributed by atoms with E-state index >= 15 is 0 Å². The molecule has 0 spiro atoms. The molecule has 1 aliphatic rings. The Morgan fingerprint density at radius 3 is 2.46 bits per heavy atom. The van der Waals surface area contributed by atoms with Gasteiger partial charge in [-0.15, -0.1) is 0 Å². The van der Waals surface area contributed by atoms with Gasteiger partial charge in [-0.3, -0.25) is 4.79 Å². The third-order valence-corrected chi connectivity index (χ3v) is 2.73. The highest BCUT2D eigenvalue weighted by atomic mass is 16.5. The number of rotatable bonds is 3. The maximum atomic E-state index is 11.4. The molecule has 1 aliphatic carbocycles. The Kier molecular flexibility index (Phi) is 4.22. The van der Waals surface area contributed by atoms with E-state index in [0.717, 1.165) is 32.2 Å². The van der Waals surface area contributed by atoms with Gasteiger partial charge in [-0.25, -0.2) is 0 Å². The molecule has 0 heterocycles. The van der Waals surface area contributed by atoms with Crippen LogP contribution in [0.5, 0.6) is 0 Å². The monoisotopic (exact) mass is 185 g/mol. The zero-order valence-electron chi connectivity index (χ0n) is 8.51. The number of hydrogen-bond donors (Lipinski definition) is 1. The van der Waals surface area contributed by atoms with Gasteiger partial charge >= 0.3 is 0 Å². The number of hydrogen-bond acceptors (Lipinski definition) is 2. The van der Waals surface area contributed by atoms with Crippen molar-refractivity contribution in [3.8, 4) is 0 Å². The molecule has 1 saturated carbocycles. The lowest BCUT2D eigenvalue weighted by Crippen LogP contribution is -2.34. The number of ether oxygens (including phenoxy) is 1. The Balaban J connectivity index is 2.28. The molecule has 76 valence electrons. The van der Waals surface area contributed by atoms with Gasteiger partial charge in [0.2, 0.25) is 5.91 Å². The molecular weight excluding hydrogens is 166 g/mol. The zero-order chi connectivity index (χ0) is 9.68. The van der Waals surface area contributed by atoms with Crippen LogP contribution in [-0.4, -0.2) is 25.7 Å². The fraction of sp³-hybridized carbons (Fsp3) is 0.900. The van der Waals surface area contributed by atoms with Crippen LogP contribution in [0.15, 0.2) is 0 Å². The molecule has 1 N–H and O–H groups in total. The second kappa shape index (κ2) is 5.22. The van der Waals surface area contributed by atoms with Gasteiger partial charge in [0.1, 0.15) is 0 Å². The Hall–Kier alpha value is -0.570. The first-order chi connectivity index (χ1) is 6.27. The molecule has 3 nitrogen and oxygen atoms in total. The van der Waals surface area contributed by atoms with Gasteiger partial charge < -0.3 is 10.1 Å². The molecule has 1 fully saturated rings. The maximum Gasteiger partial charge on any atom is 0.223 e. The summed E-state index contributed by atoms with van der Waals surface area (Å²) >= 11 is 0. The zero-order valence-corrected chi connectivity index (χ0v) is 8.51. The number of carbonyl (C=O) groups is 1. The molecule has 0 aromatic heterocycles. The predicted molar refractivity (Wildman–Crippen MR) is 51.4 cm³/mol. The van der Waals surface area contributed by atoms with Crippen LogP contribution in [0.4, 0.5) is 0 Å². The Labute approximate surface area is 79.8 Å². The standard InChI is InChI=1S/C10H19NO2/c1-3-11-10(12)8-4-6-9(13-2)7-5-8/h8-9H,3-7H2,1-2H3,(H,11,12). The van der Waals surface area contributed by atoms with Crippen molar-refractivity contribution in [1.82, 2.24) is 5.32 Å². The van der Waals surface area contributed by atoms with Crippen LogP contribution in [0, 0.1) is 5.92 Å². The molecule has 13 heavy (non-hydrogen) atoms. The largest absolute Gasteiger partial charge is 0.381 e. The average molecular weight is 185 g/mol. The molecule has 1 amide bonds. The number of carbonyl (C=O) groups excluding carboxylic acids is 1. The first-order valence-corrected chi connectivity index (χ1v) is 5.08. The molecule has 0 bridgehead atoms. The summed E-state index contributed by atoms with van der Waals surface area (Å²) in [6.07, 6.45) is 4.39. The molecule has 0 saturated heterocycles.